The molecule has 5 heteroatoms. The van der Waals surface area contributed by atoms with E-state index in [2.05, 4.69) is 27.9 Å². The number of benzene rings is 1. The molecule has 0 aromatic heterocycles. The Kier molecular flexibility index (Phi) is 5.98. The molecule has 1 rings (SSSR count). The van der Waals surface area contributed by atoms with Gasteiger partial charge in [-0.05, 0) is 68.5 Å². The van der Waals surface area contributed by atoms with Gasteiger partial charge in [0.15, 0.2) is 0 Å². The summed E-state index contributed by atoms with van der Waals surface area (Å²) in [7, 11) is 0. The number of halogens is 1. The molecule has 1 aromatic rings. The average molecular weight is 388 g/mol. The zero-order valence-electron chi connectivity index (χ0n) is 12.4. The van der Waals surface area contributed by atoms with Gasteiger partial charge in [0.25, 0.3) is 5.91 Å². The Morgan fingerprint density at radius 3 is 2.45 bits per heavy atom. The maximum absolute atomic E-state index is 12.4. The highest BCUT2D eigenvalue weighted by molar-refractivity contribution is 14.1. The highest BCUT2D eigenvalue weighted by atomic mass is 127. The molecule has 1 aromatic carbocycles. The first-order valence-corrected chi connectivity index (χ1v) is 7.66. The summed E-state index contributed by atoms with van der Waals surface area (Å²) in [4.78, 5) is 25.8. The van der Waals surface area contributed by atoms with Crippen LogP contribution in [-0.4, -0.2) is 35.3 Å². The summed E-state index contributed by atoms with van der Waals surface area (Å²) in [6, 6.07) is 7.38. The van der Waals surface area contributed by atoms with Crippen LogP contribution in [0.2, 0.25) is 0 Å². The molecule has 0 saturated heterocycles. The fraction of sp³-hybridized carbons (Fsp3) is 0.467. The fourth-order valence-corrected chi connectivity index (χ4v) is 2.31. The van der Waals surface area contributed by atoms with Crippen molar-refractivity contribution in [1.82, 2.24) is 10.2 Å². The zero-order chi connectivity index (χ0) is 15.3. The normalized spacial score (nSPS) is 11.1. The molecule has 0 atom stereocenters. The molecule has 4 nitrogen and oxygen atoms in total. The van der Waals surface area contributed by atoms with Crippen molar-refractivity contribution in [2.24, 2.45) is 0 Å². The summed E-state index contributed by atoms with van der Waals surface area (Å²) >= 11 is 2.17. The lowest BCUT2D eigenvalue weighted by atomic mass is 10.1. The Labute approximate surface area is 134 Å². The van der Waals surface area contributed by atoms with Gasteiger partial charge in [-0.15, -0.1) is 0 Å². The number of likely N-dealkylation sites (N-methyl/N-ethyl adjacent to an activating group) is 1. The van der Waals surface area contributed by atoms with E-state index in [0.717, 1.165) is 3.57 Å². The molecule has 20 heavy (non-hydrogen) atoms. The zero-order valence-corrected chi connectivity index (χ0v) is 14.5. The lowest BCUT2D eigenvalue weighted by Gasteiger charge is -2.25. The average Bonchev–Trinajstić information content (AvgIpc) is 2.33. The molecule has 0 bridgehead atoms. The van der Waals surface area contributed by atoms with Crippen molar-refractivity contribution >= 4 is 34.4 Å². The molecule has 0 radical (unpaired) electrons. The molecule has 0 fully saturated rings. The monoisotopic (exact) mass is 388 g/mol. The third-order valence-corrected chi connectivity index (χ3v) is 3.26. The minimum absolute atomic E-state index is 0.0814. The number of hydrogen-bond acceptors (Lipinski definition) is 2. The molecule has 0 aliphatic heterocycles. The summed E-state index contributed by atoms with van der Waals surface area (Å²) < 4.78 is 1.00. The predicted molar refractivity (Wildman–Crippen MR) is 88.6 cm³/mol. The van der Waals surface area contributed by atoms with Crippen LogP contribution in [0.25, 0.3) is 0 Å². The maximum atomic E-state index is 12.4. The van der Waals surface area contributed by atoms with Gasteiger partial charge in [-0.1, -0.05) is 6.07 Å². The van der Waals surface area contributed by atoms with Crippen LogP contribution in [0.5, 0.6) is 0 Å². The topological polar surface area (TPSA) is 49.4 Å². The van der Waals surface area contributed by atoms with Crippen molar-refractivity contribution in [1.29, 1.82) is 0 Å². The van der Waals surface area contributed by atoms with Gasteiger partial charge in [0.05, 0.1) is 6.54 Å². The molecule has 2 amide bonds. The van der Waals surface area contributed by atoms with Crippen molar-refractivity contribution in [3.8, 4) is 0 Å². The van der Waals surface area contributed by atoms with E-state index >= 15 is 0 Å². The van der Waals surface area contributed by atoms with E-state index < -0.39 is 0 Å². The van der Waals surface area contributed by atoms with Gasteiger partial charge in [0.1, 0.15) is 0 Å². The van der Waals surface area contributed by atoms with Crippen molar-refractivity contribution in [2.75, 3.05) is 13.1 Å². The van der Waals surface area contributed by atoms with Crippen LogP contribution < -0.4 is 5.32 Å². The van der Waals surface area contributed by atoms with Crippen molar-refractivity contribution in [3.63, 3.8) is 0 Å². The molecule has 0 aliphatic carbocycles. The first-order valence-electron chi connectivity index (χ1n) is 6.59. The Morgan fingerprint density at radius 1 is 1.30 bits per heavy atom. The van der Waals surface area contributed by atoms with E-state index in [-0.39, 0.29) is 23.9 Å². The highest BCUT2D eigenvalue weighted by Gasteiger charge is 2.20. The molecular formula is C15H21IN2O2. The van der Waals surface area contributed by atoms with Gasteiger partial charge in [-0.25, -0.2) is 0 Å². The van der Waals surface area contributed by atoms with Crippen molar-refractivity contribution in [2.45, 2.75) is 33.2 Å². The minimum atomic E-state index is -0.290. The van der Waals surface area contributed by atoms with Crippen LogP contribution in [-0.2, 0) is 4.79 Å². The van der Waals surface area contributed by atoms with Crippen LogP contribution in [0.4, 0.5) is 0 Å². The van der Waals surface area contributed by atoms with E-state index in [1.165, 1.54) is 0 Å². The maximum Gasteiger partial charge on any atom is 0.254 e. The van der Waals surface area contributed by atoms with Crippen LogP contribution in [0.1, 0.15) is 38.1 Å². The Hall–Kier alpha value is -1.11. The quantitative estimate of drug-likeness (QED) is 0.807. The number of amides is 2. The van der Waals surface area contributed by atoms with Gasteiger partial charge in [0.2, 0.25) is 5.91 Å². The number of nitrogens with one attached hydrogen (secondary N) is 1. The highest BCUT2D eigenvalue weighted by Crippen LogP contribution is 2.10. The van der Waals surface area contributed by atoms with Gasteiger partial charge >= 0.3 is 0 Å². The van der Waals surface area contributed by atoms with Crippen LogP contribution in [0, 0.1) is 3.57 Å². The molecular weight excluding hydrogens is 367 g/mol. The van der Waals surface area contributed by atoms with E-state index in [0.29, 0.717) is 12.1 Å². The molecule has 1 N–H and O–H groups in total. The largest absolute Gasteiger partial charge is 0.350 e. The van der Waals surface area contributed by atoms with E-state index in [4.69, 9.17) is 0 Å². The summed E-state index contributed by atoms with van der Waals surface area (Å²) in [5.74, 6) is -0.256. The molecule has 110 valence electrons. The Bertz CT molecular complexity index is 495. The lowest BCUT2D eigenvalue weighted by molar-refractivity contribution is -0.123. The number of carbonyl (C=O) groups excluding carboxylic acids is 2. The predicted octanol–water partition coefficient (Wildman–Crippen LogP) is 2.67. The molecule has 0 aliphatic rings. The van der Waals surface area contributed by atoms with Gasteiger partial charge in [-0.2, -0.15) is 0 Å². The summed E-state index contributed by atoms with van der Waals surface area (Å²) in [5.41, 5.74) is 0.323. The van der Waals surface area contributed by atoms with Gasteiger partial charge < -0.3 is 10.2 Å². The summed E-state index contributed by atoms with van der Waals surface area (Å²) in [5, 5.41) is 2.87. The van der Waals surface area contributed by atoms with E-state index in [1.807, 2.05) is 45.9 Å². The van der Waals surface area contributed by atoms with Gasteiger partial charge in [-0.3, -0.25) is 9.59 Å². The molecule has 0 saturated carbocycles. The first kappa shape index (κ1) is 16.9. The van der Waals surface area contributed by atoms with Crippen LogP contribution in [0.3, 0.4) is 0 Å². The summed E-state index contributed by atoms with van der Waals surface area (Å²) in [6.45, 7) is 8.21. The number of rotatable bonds is 4. The summed E-state index contributed by atoms with van der Waals surface area (Å²) in [6.07, 6.45) is 0. The molecule has 0 heterocycles. The second-order valence-corrected chi connectivity index (χ2v) is 6.87. The van der Waals surface area contributed by atoms with Crippen molar-refractivity contribution < 1.29 is 9.59 Å². The number of nitrogens with zero attached hydrogens (tertiary/aromatic N) is 1. The Balaban J connectivity index is 2.76. The van der Waals surface area contributed by atoms with Crippen LogP contribution >= 0.6 is 22.6 Å². The lowest BCUT2D eigenvalue weighted by Crippen LogP contribution is -2.47. The Morgan fingerprint density at radius 2 is 1.95 bits per heavy atom. The van der Waals surface area contributed by atoms with Gasteiger partial charge in [0, 0.05) is 21.2 Å². The SMILES string of the molecule is CCN(CC(=O)NC(C)(C)C)C(=O)c1cccc(I)c1. The third kappa shape index (κ3) is 5.48. The second kappa shape index (κ2) is 7.06. The number of hydrogen-bond donors (Lipinski definition) is 1. The van der Waals surface area contributed by atoms with Crippen molar-refractivity contribution in [3.05, 3.63) is 33.4 Å². The minimum Gasteiger partial charge on any atom is -0.350 e. The second-order valence-electron chi connectivity index (χ2n) is 5.63. The fourth-order valence-electron chi connectivity index (χ4n) is 1.76. The molecule has 0 spiro atoms. The van der Waals surface area contributed by atoms with E-state index in [1.54, 1.807) is 11.0 Å². The first-order chi connectivity index (χ1) is 9.23. The smallest absolute Gasteiger partial charge is 0.254 e. The van der Waals surface area contributed by atoms with E-state index in [9.17, 15) is 9.59 Å². The molecule has 0 unspecified atom stereocenters. The number of carbonyl (C=O) groups is 2. The van der Waals surface area contributed by atoms with Crippen LogP contribution in [0.15, 0.2) is 24.3 Å². The third-order valence-electron chi connectivity index (χ3n) is 2.59. The standard InChI is InChI=1S/C15H21IN2O2/c1-5-18(10-13(19)17-15(2,3)4)14(20)11-7-6-8-12(16)9-11/h6-9H,5,10H2,1-4H3,(H,17,19).